The lowest BCUT2D eigenvalue weighted by Crippen LogP contribution is -2.17. The first kappa shape index (κ1) is 21.6. The first-order chi connectivity index (χ1) is 14.7. The molecule has 0 aliphatic carbocycles. The van der Waals surface area contributed by atoms with Gasteiger partial charge in [0.1, 0.15) is 0 Å². The molecule has 0 radical (unpaired) electrons. The molecule has 3 aromatic rings. The zero-order valence-electron chi connectivity index (χ0n) is 17.7. The summed E-state index contributed by atoms with van der Waals surface area (Å²) in [6, 6.07) is 18.7. The highest BCUT2D eigenvalue weighted by atomic mass is 16.6. The molecule has 156 valence electrons. The van der Waals surface area contributed by atoms with Gasteiger partial charge in [0.15, 0.2) is 11.5 Å². The van der Waals surface area contributed by atoms with E-state index in [1.54, 1.807) is 30.6 Å². The molecular weight excluding hydrogens is 374 g/mol. The van der Waals surface area contributed by atoms with Gasteiger partial charge in [-0.3, -0.25) is 4.98 Å². The number of para-hydroxylation sites is 2. The number of benzene rings is 2. The van der Waals surface area contributed by atoms with Crippen LogP contribution >= 0.6 is 0 Å². The summed E-state index contributed by atoms with van der Waals surface area (Å²) >= 11 is 0. The van der Waals surface area contributed by atoms with Crippen molar-refractivity contribution >= 4 is 5.97 Å². The van der Waals surface area contributed by atoms with Crippen molar-refractivity contribution in [2.24, 2.45) is 0 Å². The molecule has 4 nitrogen and oxygen atoms in total. The number of carbonyl (C=O) groups excluding carboxylic acids is 1. The molecule has 0 saturated carbocycles. The molecule has 0 aliphatic rings. The van der Waals surface area contributed by atoms with Crippen LogP contribution in [-0.2, 0) is 0 Å². The molecule has 30 heavy (non-hydrogen) atoms. The van der Waals surface area contributed by atoms with Crippen molar-refractivity contribution in [2.45, 2.75) is 52.1 Å². The maximum atomic E-state index is 12.7. The quantitative estimate of drug-likeness (QED) is 0.279. The second-order valence-electron chi connectivity index (χ2n) is 7.32. The van der Waals surface area contributed by atoms with E-state index in [1.165, 1.54) is 0 Å². The third-order valence-corrected chi connectivity index (χ3v) is 4.97. The standard InChI is InChI=1S/C26H29NO3/c1-3-5-9-23(8-4-2)29-24-10-6-7-11-25(24)30-26(28)22-14-12-20(13-15-22)21-16-18-27-19-17-21/h6-7,10-19,23H,3-5,8-9H2,1-2H3. The lowest BCUT2D eigenvalue weighted by Gasteiger charge is -2.20. The highest BCUT2D eigenvalue weighted by Crippen LogP contribution is 2.30. The third-order valence-electron chi connectivity index (χ3n) is 4.97. The Bertz CT molecular complexity index is 923. The predicted octanol–water partition coefficient (Wildman–Crippen LogP) is 6.71. The maximum absolute atomic E-state index is 12.7. The van der Waals surface area contributed by atoms with E-state index in [2.05, 4.69) is 18.8 Å². The topological polar surface area (TPSA) is 48.4 Å². The normalized spacial score (nSPS) is 11.7. The summed E-state index contributed by atoms with van der Waals surface area (Å²) in [6.45, 7) is 4.34. The van der Waals surface area contributed by atoms with Crippen molar-refractivity contribution in [3.63, 3.8) is 0 Å². The highest BCUT2D eigenvalue weighted by Gasteiger charge is 2.16. The first-order valence-corrected chi connectivity index (χ1v) is 10.7. The predicted molar refractivity (Wildman–Crippen MR) is 120 cm³/mol. The Labute approximate surface area is 178 Å². The summed E-state index contributed by atoms with van der Waals surface area (Å²) in [7, 11) is 0. The van der Waals surface area contributed by atoms with Gasteiger partial charge in [0.05, 0.1) is 11.7 Å². The molecule has 0 amide bonds. The number of ether oxygens (including phenoxy) is 2. The van der Waals surface area contributed by atoms with Gasteiger partial charge in [0.25, 0.3) is 0 Å². The third kappa shape index (κ3) is 5.93. The van der Waals surface area contributed by atoms with E-state index in [0.717, 1.165) is 43.2 Å². The highest BCUT2D eigenvalue weighted by molar-refractivity contribution is 5.92. The second-order valence-corrected chi connectivity index (χ2v) is 7.32. The Morgan fingerprint density at radius 3 is 2.17 bits per heavy atom. The molecule has 1 aromatic heterocycles. The zero-order chi connectivity index (χ0) is 21.2. The number of carbonyl (C=O) groups is 1. The number of unbranched alkanes of at least 4 members (excludes halogenated alkanes) is 1. The van der Waals surface area contributed by atoms with Gasteiger partial charge in [-0.25, -0.2) is 4.79 Å². The molecule has 1 atom stereocenters. The molecule has 0 fully saturated rings. The van der Waals surface area contributed by atoms with Crippen LogP contribution < -0.4 is 9.47 Å². The molecule has 0 aliphatic heterocycles. The van der Waals surface area contributed by atoms with E-state index >= 15 is 0 Å². The average molecular weight is 404 g/mol. The molecule has 4 heteroatoms. The number of hydrogen-bond donors (Lipinski definition) is 0. The first-order valence-electron chi connectivity index (χ1n) is 10.7. The zero-order valence-corrected chi connectivity index (χ0v) is 17.7. The van der Waals surface area contributed by atoms with Crippen LogP contribution in [0.3, 0.4) is 0 Å². The van der Waals surface area contributed by atoms with E-state index < -0.39 is 5.97 Å². The summed E-state index contributed by atoms with van der Waals surface area (Å²) < 4.78 is 11.9. The fourth-order valence-electron chi connectivity index (χ4n) is 3.33. The smallest absolute Gasteiger partial charge is 0.343 e. The molecule has 0 saturated heterocycles. The molecule has 0 N–H and O–H groups in total. The van der Waals surface area contributed by atoms with Crippen LogP contribution in [0, 0.1) is 0 Å². The van der Waals surface area contributed by atoms with Gasteiger partial charge in [-0.2, -0.15) is 0 Å². The van der Waals surface area contributed by atoms with Gasteiger partial charge in [-0.15, -0.1) is 0 Å². The van der Waals surface area contributed by atoms with E-state index in [-0.39, 0.29) is 6.10 Å². The summed E-state index contributed by atoms with van der Waals surface area (Å²) in [5.41, 5.74) is 2.58. The number of pyridine rings is 1. The molecule has 0 spiro atoms. The lowest BCUT2D eigenvalue weighted by atomic mass is 10.1. The Balaban J connectivity index is 1.71. The van der Waals surface area contributed by atoms with Crippen molar-refractivity contribution in [3.05, 3.63) is 78.6 Å². The lowest BCUT2D eigenvalue weighted by molar-refractivity contribution is 0.0721. The van der Waals surface area contributed by atoms with Crippen LogP contribution in [0.25, 0.3) is 11.1 Å². The summed E-state index contributed by atoms with van der Waals surface area (Å²) in [5, 5.41) is 0. The summed E-state index contributed by atoms with van der Waals surface area (Å²) in [5.74, 6) is 0.681. The van der Waals surface area contributed by atoms with Gasteiger partial charge in [-0.05, 0) is 60.4 Å². The van der Waals surface area contributed by atoms with Crippen LogP contribution in [0.5, 0.6) is 11.5 Å². The van der Waals surface area contributed by atoms with Crippen LogP contribution in [0.15, 0.2) is 73.1 Å². The molecular formula is C26H29NO3. The minimum Gasteiger partial charge on any atom is -0.487 e. The van der Waals surface area contributed by atoms with Crippen LogP contribution in [0.1, 0.15) is 56.3 Å². The van der Waals surface area contributed by atoms with Crippen molar-refractivity contribution < 1.29 is 14.3 Å². The maximum Gasteiger partial charge on any atom is 0.343 e. The van der Waals surface area contributed by atoms with E-state index in [4.69, 9.17) is 9.47 Å². The monoisotopic (exact) mass is 403 g/mol. The molecule has 2 aromatic carbocycles. The van der Waals surface area contributed by atoms with Crippen molar-refractivity contribution in [2.75, 3.05) is 0 Å². The van der Waals surface area contributed by atoms with E-state index in [9.17, 15) is 4.79 Å². The minimum absolute atomic E-state index is 0.134. The molecule has 1 heterocycles. The van der Waals surface area contributed by atoms with E-state index in [0.29, 0.717) is 17.1 Å². The average Bonchev–Trinajstić information content (AvgIpc) is 2.79. The van der Waals surface area contributed by atoms with Crippen molar-refractivity contribution in [1.29, 1.82) is 0 Å². The number of hydrogen-bond acceptors (Lipinski definition) is 4. The van der Waals surface area contributed by atoms with Gasteiger partial charge in [-0.1, -0.05) is 57.4 Å². The number of esters is 1. The van der Waals surface area contributed by atoms with Gasteiger partial charge in [0.2, 0.25) is 0 Å². The molecule has 1 unspecified atom stereocenters. The fraction of sp³-hybridized carbons (Fsp3) is 0.308. The Hall–Kier alpha value is -3.14. The summed E-state index contributed by atoms with van der Waals surface area (Å²) in [4.78, 5) is 16.7. The number of nitrogens with zero attached hydrogens (tertiary/aromatic N) is 1. The van der Waals surface area contributed by atoms with E-state index in [1.807, 2.05) is 42.5 Å². The Morgan fingerprint density at radius 2 is 1.50 bits per heavy atom. The van der Waals surface area contributed by atoms with Crippen molar-refractivity contribution in [1.82, 2.24) is 4.98 Å². The minimum atomic E-state index is -0.395. The number of aromatic nitrogens is 1. The molecule has 3 rings (SSSR count). The fourth-order valence-corrected chi connectivity index (χ4v) is 3.33. The van der Waals surface area contributed by atoms with Crippen molar-refractivity contribution in [3.8, 4) is 22.6 Å². The van der Waals surface area contributed by atoms with Crippen LogP contribution in [0.2, 0.25) is 0 Å². The SMILES string of the molecule is CCCCC(CCC)Oc1ccccc1OC(=O)c1ccc(-c2ccncc2)cc1. The Kier molecular flexibility index (Phi) is 8.02. The second kappa shape index (κ2) is 11.1. The van der Waals surface area contributed by atoms with Gasteiger partial charge in [0, 0.05) is 12.4 Å². The summed E-state index contributed by atoms with van der Waals surface area (Å²) in [6.07, 6.45) is 8.93. The Morgan fingerprint density at radius 1 is 0.833 bits per heavy atom. The van der Waals surface area contributed by atoms with Crippen LogP contribution in [0.4, 0.5) is 0 Å². The van der Waals surface area contributed by atoms with Gasteiger partial charge >= 0.3 is 5.97 Å². The molecule has 0 bridgehead atoms. The van der Waals surface area contributed by atoms with Gasteiger partial charge < -0.3 is 9.47 Å². The van der Waals surface area contributed by atoms with Crippen LogP contribution in [-0.4, -0.2) is 17.1 Å². The largest absolute Gasteiger partial charge is 0.487 e. The number of rotatable bonds is 10.